The molecule has 2 saturated heterocycles. The van der Waals surface area contributed by atoms with Crippen molar-refractivity contribution in [1.29, 1.82) is 0 Å². The maximum Gasteiger partial charge on any atom is 0.234 e. The van der Waals surface area contributed by atoms with E-state index < -0.39 is 10.8 Å². The fourth-order valence-electron chi connectivity index (χ4n) is 3.47. The molecule has 2 bridgehead atoms. The third-order valence-corrected chi connectivity index (χ3v) is 6.64. The molecule has 4 heterocycles. The van der Waals surface area contributed by atoms with Crippen LogP contribution in [-0.2, 0) is 10.8 Å². The third kappa shape index (κ3) is 1.74. The summed E-state index contributed by atoms with van der Waals surface area (Å²) in [5.74, 6) is 0.669. The molecule has 104 valence electrons. The van der Waals surface area contributed by atoms with Crippen molar-refractivity contribution in [1.82, 2.24) is 14.4 Å². The maximum atomic E-state index is 12.7. The summed E-state index contributed by atoms with van der Waals surface area (Å²) < 4.78 is 13.8. The monoisotopic (exact) mass is 289 g/mol. The van der Waals surface area contributed by atoms with E-state index in [0.717, 1.165) is 25.7 Å². The Bertz CT molecular complexity index is 695. The molecular formula is C14H15N3O2S. The van der Waals surface area contributed by atoms with E-state index in [9.17, 15) is 9.00 Å². The van der Waals surface area contributed by atoms with Gasteiger partial charge in [0.2, 0.25) is 5.78 Å². The number of hydrogen-bond donors (Lipinski definition) is 0. The molecular weight excluding hydrogens is 274 g/mol. The standard InChI is InChI=1S/C14H15N3O2S/c18-13(9-6-10-2-3-11(7-9)20(10)19)12-8-16-14-15-4-1-5-17(12)14/h1,4-5,8-11H,2-3,6-7H2. The number of nitrogens with zero attached hydrogens (tertiary/aromatic N) is 3. The smallest absolute Gasteiger partial charge is 0.234 e. The minimum absolute atomic E-state index is 0.00898. The van der Waals surface area contributed by atoms with Crippen LogP contribution in [0.2, 0.25) is 0 Å². The number of hydrogen-bond acceptors (Lipinski definition) is 4. The molecule has 0 aromatic carbocycles. The molecule has 2 aromatic rings. The Morgan fingerprint density at radius 1 is 1.25 bits per heavy atom. The van der Waals surface area contributed by atoms with Crippen LogP contribution in [0.15, 0.2) is 24.7 Å². The molecule has 0 spiro atoms. The molecule has 2 fully saturated rings. The average Bonchev–Trinajstić information content (AvgIpc) is 2.95. The zero-order valence-corrected chi connectivity index (χ0v) is 11.8. The number of rotatable bonds is 2. The minimum Gasteiger partial charge on any atom is -0.292 e. The van der Waals surface area contributed by atoms with E-state index in [2.05, 4.69) is 9.97 Å². The number of imidazole rings is 1. The highest BCUT2D eigenvalue weighted by atomic mass is 32.2. The van der Waals surface area contributed by atoms with Crippen LogP contribution in [0.1, 0.15) is 36.2 Å². The second-order valence-corrected chi connectivity index (χ2v) is 7.61. The lowest BCUT2D eigenvalue weighted by atomic mass is 9.93. The number of carbonyl (C=O) groups excluding carboxylic acids is 1. The van der Waals surface area contributed by atoms with Gasteiger partial charge in [0.25, 0.3) is 0 Å². The fourth-order valence-corrected chi connectivity index (χ4v) is 5.59. The Morgan fingerprint density at radius 3 is 2.75 bits per heavy atom. The molecule has 0 amide bonds. The van der Waals surface area contributed by atoms with E-state index in [4.69, 9.17) is 0 Å². The number of aromatic nitrogens is 3. The van der Waals surface area contributed by atoms with Gasteiger partial charge in [0.1, 0.15) is 5.69 Å². The normalized spacial score (nSPS) is 32.6. The lowest BCUT2D eigenvalue weighted by molar-refractivity contribution is 0.0900. The molecule has 0 N–H and O–H groups in total. The molecule has 2 aliphatic rings. The van der Waals surface area contributed by atoms with Gasteiger partial charge in [0, 0.05) is 39.6 Å². The molecule has 2 aliphatic heterocycles. The van der Waals surface area contributed by atoms with Gasteiger partial charge in [-0.25, -0.2) is 9.97 Å². The third-order valence-electron chi connectivity index (χ3n) is 4.47. The summed E-state index contributed by atoms with van der Waals surface area (Å²) in [6.45, 7) is 0. The SMILES string of the molecule is O=C(c1cnc2ncccn12)C1CC2CCC(C1)S2=O. The first kappa shape index (κ1) is 12.2. The van der Waals surface area contributed by atoms with E-state index in [1.165, 1.54) is 0 Å². The van der Waals surface area contributed by atoms with Crippen molar-refractivity contribution < 1.29 is 9.00 Å². The van der Waals surface area contributed by atoms with E-state index in [1.54, 1.807) is 22.9 Å². The van der Waals surface area contributed by atoms with Gasteiger partial charge in [-0.3, -0.25) is 13.4 Å². The second kappa shape index (κ2) is 4.48. The number of ketones is 1. The van der Waals surface area contributed by atoms with E-state index in [1.807, 2.05) is 6.20 Å². The summed E-state index contributed by atoms with van der Waals surface area (Å²) in [5.41, 5.74) is 0.602. The zero-order valence-electron chi connectivity index (χ0n) is 10.9. The van der Waals surface area contributed by atoms with Crippen molar-refractivity contribution in [2.75, 3.05) is 0 Å². The van der Waals surface area contributed by atoms with Crippen LogP contribution in [0.4, 0.5) is 0 Å². The summed E-state index contributed by atoms with van der Waals surface area (Å²) >= 11 is 0. The minimum atomic E-state index is -0.717. The number of carbonyl (C=O) groups is 1. The van der Waals surface area contributed by atoms with Crippen LogP contribution < -0.4 is 0 Å². The number of fused-ring (bicyclic) bond motifs is 3. The Kier molecular flexibility index (Phi) is 2.73. The summed E-state index contributed by atoms with van der Waals surface area (Å²) in [6.07, 6.45) is 8.63. The first-order chi connectivity index (χ1) is 9.74. The van der Waals surface area contributed by atoms with E-state index in [0.29, 0.717) is 11.5 Å². The molecule has 2 atom stereocenters. The molecule has 0 aliphatic carbocycles. The molecule has 0 radical (unpaired) electrons. The lowest BCUT2D eigenvalue weighted by Crippen LogP contribution is -2.32. The van der Waals surface area contributed by atoms with Gasteiger partial charge in [-0.2, -0.15) is 0 Å². The topological polar surface area (TPSA) is 64.3 Å². The molecule has 6 heteroatoms. The van der Waals surface area contributed by atoms with Crippen LogP contribution in [0, 0.1) is 5.92 Å². The number of Topliss-reactive ketones (excluding diaryl/α,β-unsaturated/α-hetero) is 1. The Labute approximate surface area is 118 Å². The van der Waals surface area contributed by atoms with Gasteiger partial charge in [0.15, 0.2) is 5.78 Å². The summed E-state index contributed by atoms with van der Waals surface area (Å²) in [6, 6.07) is 1.80. The van der Waals surface area contributed by atoms with Crippen LogP contribution in [0.5, 0.6) is 0 Å². The Morgan fingerprint density at radius 2 is 2.00 bits per heavy atom. The van der Waals surface area contributed by atoms with Crippen LogP contribution in [-0.4, -0.2) is 34.9 Å². The Hall–Kier alpha value is -1.56. The van der Waals surface area contributed by atoms with E-state index in [-0.39, 0.29) is 22.2 Å². The van der Waals surface area contributed by atoms with Crippen molar-refractivity contribution in [2.24, 2.45) is 5.92 Å². The first-order valence-electron chi connectivity index (χ1n) is 6.95. The molecule has 0 saturated carbocycles. The maximum absolute atomic E-state index is 12.7. The predicted molar refractivity (Wildman–Crippen MR) is 75.0 cm³/mol. The highest BCUT2D eigenvalue weighted by Crippen LogP contribution is 2.39. The summed E-state index contributed by atoms with van der Waals surface area (Å²) in [7, 11) is -0.717. The quantitative estimate of drug-likeness (QED) is 0.788. The predicted octanol–water partition coefficient (Wildman–Crippen LogP) is 1.60. The molecule has 2 unspecified atom stereocenters. The van der Waals surface area contributed by atoms with Crippen molar-refractivity contribution in [3.63, 3.8) is 0 Å². The largest absolute Gasteiger partial charge is 0.292 e. The van der Waals surface area contributed by atoms with Crippen molar-refractivity contribution >= 4 is 22.4 Å². The van der Waals surface area contributed by atoms with Gasteiger partial charge in [-0.15, -0.1) is 0 Å². The van der Waals surface area contributed by atoms with Gasteiger partial charge in [0.05, 0.1) is 6.20 Å². The van der Waals surface area contributed by atoms with Crippen LogP contribution in [0.25, 0.3) is 5.78 Å². The summed E-state index contributed by atoms with van der Waals surface area (Å²) in [4.78, 5) is 21.0. The average molecular weight is 289 g/mol. The first-order valence-corrected chi connectivity index (χ1v) is 8.23. The van der Waals surface area contributed by atoms with Gasteiger partial charge < -0.3 is 0 Å². The van der Waals surface area contributed by atoms with Crippen LogP contribution >= 0.6 is 0 Å². The second-order valence-electron chi connectivity index (χ2n) is 5.62. The van der Waals surface area contributed by atoms with Gasteiger partial charge in [-0.1, -0.05) is 0 Å². The van der Waals surface area contributed by atoms with Crippen molar-refractivity contribution in [2.45, 2.75) is 36.2 Å². The summed E-state index contributed by atoms with van der Waals surface area (Å²) in [5, 5.41) is 0.444. The Balaban J connectivity index is 1.66. The zero-order chi connectivity index (χ0) is 13.7. The van der Waals surface area contributed by atoms with Gasteiger partial charge in [-0.05, 0) is 31.7 Å². The van der Waals surface area contributed by atoms with E-state index >= 15 is 0 Å². The van der Waals surface area contributed by atoms with Crippen molar-refractivity contribution in [3.05, 3.63) is 30.4 Å². The van der Waals surface area contributed by atoms with Crippen LogP contribution in [0.3, 0.4) is 0 Å². The molecule has 4 rings (SSSR count). The van der Waals surface area contributed by atoms with Gasteiger partial charge >= 0.3 is 0 Å². The fraction of sp³-hybridized carbons (Fsp3) is 0.500. The highest BCUT2D eigenvalue weighted by Gasteiger charge is 2.43. The van der Waals surface area contributed by atoms with Crippen molar-refractivity contribution in [3.8, 4) is 0 Å². The molecule has 20 heavy (non-hydrogen) atoms. The molecule has 2 aromatic heterocycles. The highest BCUT2D eigenvalue weighted by molar-refractivity contribution is 7.86. The lowest BCUT2D eigenvalue weighted by Gasteiger charge is -2.25. The molecule has 5 nitrogen and oxygen atoms in total.